The van der Waals surface area contributed by atoms with E-state index in [-0.39, 0.29) is 30.9 Å². The molecule has 1 unspecified atom stereocenters. The molecular weight excluding hydrogens is 297 g/mol. The van der Waals surface area contributed by atoms with E-state index in [0.717, 1.165) is 58.4 Å². The zero-order valence-corrected chi connectivity index (χ0v) is 14.1. The van der Waals surface area contributed by atoms with E-state index in [1.165, 1.54) is 6.42 Å². The van der Waals surface area contributed by atoms with Gasteiger partial charge in [-0.1, -0.05) is 6.92 Å². The number of hydrogen-bond acceptors (Lipinski definition) is 3. The molecule has 4 nitrogen and oxygen atoms in total. The fraction of sp³-hybridized carbons (Fsp3) is 0.929. The Morgan fingerprint density at radius 2 is 1.80 bits per heavy atom. The zero-order chi connectivity index (χ0) is 13.0. The van der Waals surface area contributed by atoms with Gasteiger partial charge in [-0.25, -0.2) is 0 Å². The molecule has 2 rings (SSSR count). The van der Waals surface area contributed by atoms with E-state index in [0.29, 0.717) is 11.8 Å². The first kappa shape index (κ1) is 20.0. The standard InChI is InChI=1S/C14H27N3O.2ClH/c1-2-7-16-8-3-4-13(16)14(18)17-9-5-12(11-15)6-10-17;;/h12-13H,2-11,15H2,1H3;2*1H. The Morgan fingerprint density at radius 1 is 1.15 bits per heavy atom. The summed E-state index contributed by atoms with van der Waals surface area (Å²) in [6.07, 6.45) is 5.54. The van der Waals surface area contributed by atoms with Crippen molar-refractivity contribution in [1.82, 2.24) is 9.80 Å². The van der Waals surface area contributed by atoms with Crippen molar-refractivity contribution in [2.75, 3.05) is 32.7 Å². The molecule has 2 saturated heterocycles. The molecule has 2 aliphatic heterocycles. The minimum Gasteiger partial charge on any atom is -0.341 e. The summed E-state index contributed by atoms with van der Waals surface area (Å²) in [4.78, 5) is 17.0. The van der Waals surface area contributed by atoms with Crippen LogP contribution in [0.3, 0.4) is 0 Å². The van der Waals surface area contributed by atoms with Crippen molar-refractivity contribution in [3.63, 3.8) is 0 Å². The van der Waals surface area contributed by atoms with Crippen LogP contribution in [0, 0.1) is 5.92 Å². The summed E-state index contributed by atoms with van der Waals surface area (Å²) in [6.45, 7) is 6.95. The second-order valence-corrected chi connectivity index (χ2v) is 5.70. The molecule has 0 spiro atoms. The summed E-state index contributed by atoms with van der Waals surface area (Å²) in [5, 5.41) is 0. The molecule has 0 aromatic carbocycles. The highest BCUT2D eigenvalue weighted by atomic mass is 35.5. The topological polar surface area (TPSA) is 49.6 Å². The highest BCUT2D eigenvalue weighted by Crippen LogP contribution is 2.23. The Balaban J connectivity index is 0.00000180. The molecule has 0 aromatic heterocycles. The summed E-state index contributed by atoms with van der Waals surface area (Å²) < 4.78 is 0. The largest absolute Gasteiger partial charge is 0.341 e. The maximum absolute atomic E-state index is 12.5. The highest BCUT2D eigenvalue weighted by molar-refractivity contribution is 5.85. The SMILES string of the molecule is CCCN1CCCC1C(=O)N1CCC(CN)CC1.Cl.Cl. The van der Waals surface area contributed by atoms with Crippen molar-refractivity contribution in [3.05, 3.63) is 0 Å². The van der Waals surface area contributed by atoms with Crippen molar-refractivity contribution in [2.45, 2.75) is 45.1 Å². The van der Waals surface area contributed by atoms with Gasteiger partial charge < -0.3 is 10.6 Å². The van der Waals surface area contributed by atoms with E-state index in [9.17, 15) is 4.79 Å². The van der Waals surface area contributed by atoms with Gasteiger partial charge in [0.05, 0.1) is 6.04 Å². The Kier molecular flexibility index (Phi) is 9.81. The van der Waals surface area contributed by atoms with Crippen LogP contribution < -0.4 is 5.73 Å². The van der Waals surface area contributed by atoms with Gasteiger partial charge in [-0.15, -0.1) is 24.8 Å². The van der Waals surface area contributed by atoms with E-state index >= 15 is 0 Å². The number of rotatable bonds is 4. The van der Waals surface area contributed by atoms with Crippen molar-refractivity contribution in [2.24, 2.45) is 11.7 Å². The Bertz CT molecular complexity index is 284. The maximum Gasteiger partial charge on any atom is 0.239 e. The van der Waals surface area contributed by atoms with E-state index in [1.807, 2.05) is 0 Å². The molecule has 0 bridgehead atoms. The molecular formula is C14H29Cl2N3O. The fourth-order valence-corrected chi connectivity index (χ4v) is 3.26. The number of carbonyl (C=O) groups excluding carboxylic acids is 1. The number of nitrogens with zero attached hydrogens (tertiary/aromatic N) is 2. The lowest BCUT2D eigenvalue weighted by Gasteiger charge is -2.35. The highest BCUT2D eigenvalue weighted by Gasteiger charge is 2.34. The lowest BCUT2D eigenvalue weighted by molar-refractivity contribution is -0.137. The van der Waals surface area contributed by atoms with Gasteiger partial charge in [0.15, 0.2) is 0 Å². The Labute approximate surface area is 135 Å². The molecule has 6 heteroatoms. The zero-order valence-electron chi connectivity index (χ0n) is 12.4. The number of amides is 1. The van der Waals surface area contributed by atoms with Gasteiger partial charge >= 0.3 is 0 Å². The number of piperidine rings is 1. The van der Waals surface area contributed by atoms with Gasteiger partial charge in [-0.3, -0.25) is 9.69 Å². The summed E-state index contributed by atoms with van der Waals surface area (Å²) in [5.74, 6) is 1.00. The second kappa shape index (κ2) is 9.82. The summed E-state index contributed by atoms with van der Waals surface area (Å²) in [5.41, 5.74) is 5.70. The van der Waals surface area contributed by atoms with E-state index < -0.39 is 0 Å². The first-order chi connectivity index (χ1) is 8.76. The van der Waals surface area contributed by atoms with Crippen LogP contribution in [0.4, 0.5) is 0 Å². The predicted octanol–water partition coefficient (Wildman–Crippen LogP) is 1.90. The number of likely N-dealkylation sites (tertiary alicyclic amines) is 2. The minimum atomic E-state index is 0. The van der Waals surface area contributed by atoms with Gasteiger partial charge in [0.25, 0.3) is 0 Å². The molecule has 2 N–H and O–H groups in total. The van der Waals surface area contributed by atoms with Crippen molar-refractivity contribution in [1.29, 1.82) is 0 Å². The monoisotopic (exact) mass is 325 g/mol. The summed E-state index contributed by atoms with van der Waals surface area (Å²) in [7, 11) is 0. The van der Waals surface area contributed by atoms with Crippen LogP contribution in [0.15, 0.2) is 0 Å². The molecule has 0 aromatic rings. The third kappa shape index (κ3) is 4.76. The molecule has 20 heavy (non-hydrogen) atoms. The lowest BCUT2D eigenvalue weighted by Crippen LogP contribution is -2.49. The maximum atomic E-state index is 12.5. The Hall–Kier alpha value is -0.0300. The van der Waals surface area contributed by atoms with Crippen LogP contribution in [0.25, 0.3) is 0 Å². The van der Waals surface area contributed by atoms with Gasteiger partial charge in [0, 0.05) is 13.1 Å². The van der Waals surface area contributed by atoms with E-state index in [1.54, 1.807) is 0 Å². The number of nitrogens with two attached hydrogens (primary N) is 1. The molecule has 1 amide bonds. The summed E-state index contributed by atoms with van der Waals surface area (Å²) >= 11 is 0. The molecule has 120 valence electrons. The van der Waals surface area contributed by atoms with E-state index in [2.05, 4.69) is 16.7 Å². The van der Waals surface area contributed by atoms with Crippen LogP contribution in [-0.4, -0.2) is 54.5 Å². The van der Waals surface area contributed by atoms with Crippen molar-refractivity contribution >= 4 is 30.7 Å². The van der Waals surface area contributed by atoms with Crippen molar-refractivity contribution < 1.29 is 4.79 Å². The molecule has 0 aliphatic carbocycles. The summed E-state index contributed by atoms with van der Waals surface area (Å²) in [6, 6.07) is 0.166. The molecule has 0 saturated carbocycles. The molecule has 2 aliphatic rings. The predicted molar refractivity (Wildman–Crippen MR) is 87.7 cm³/mol. The third-order valence-electron chi connectivity index (χ3n) is 4.42. The van der Waals surface area contributed by atoms with Gasteiger partial charge in [0.1, 0.15) is 0 Å². The first-order valence-corrected chi connectivity index (χ1v) is 7.49. The average Bonchev–Trinajstić information content (AvgIpc) is 2.87. The first-order valence-electron chi connectivity index (χ1n) is 7.49. The normalized spacial score (nSPS) is 24.1. The lowest BCUT2D eigenvalue weighted by atomic mass is 9.96. The molecule has 0 radical (unpaired) electrons. The molecule has 2 fully saturated rings. The Morgan fingerprint density at radius 3 is 2.35 bits per heavy atom. The van der Waals surface area contributed by atoms with Crippen LogP contribution in [0.1, 0.15) is 39.0 Å². The van der Waals surface area contributed by atoms with Gasteiger partial charge in [-0.2, -0.15) is 0 Å². The smallest absolute Gasteiger partial charge is 0.239 e. The van der Waals surface area contributed by atoms with Crippen LogP contribution in [0.2, 0.25) is 0 Å². The molecule has 1 atom stereocenters. The van der Waals surface area contributed by atoms with Crippen molar-refractivity contribution in [3.8, 4) is 0 Å². The quantitative estimate of drug-likeness (QED) is 0.858. The average molecular weight is 326 g/mol. The third-order valence-corrected chi connectivity index (χ3v) is 4.42. The van der Waals surface area contributed by atoms with Crippen LogP contribution in [-0.2, 0) is 4.79 Å². The fourth-order valence-electron chi connectivity index (χ4n) is 3.26. The number of hydrogen-bond donors (Lipinski definition) is 1. The minimum absolute atomic E-state index is 0. The number of carbonyl (C=O) groups is 1. The van der Waals surface area contributed by atoms with Gasteiger partial charge in [0.2, 0.25) is 5.91 Å². The number of halogens is 2. The van der Waals surface area contributed by atoms with E-state index in [4.69, 9.17) is 5.73 Å². The van der Waals surface area contributed by atoms with Crippen LogP contribution in [0.5, 0.6) is 0 Å². The van der Waals surface area contributed by atoms with Crippen LogP contribution >= 0.6 is 24.8 Å². The van der Waals surface area contributed by atoms with Gasteiger partial charge in [-0.05, 0) is 57.7 Å². The molecule has 2 heterocycles. The second-order valence-electron chi connectivity index (χ2n) is 5.70.